The van der Waals surface area contributed by atoms with Crippen molar-refractivity contribution in [2.75, 3.05) is 7.11 Å². The molecule has 0 spiro atoms. The molecule has 4 nitrogen and oxygen atoms in total. The largest absolute Gasteiger partial charge is 0.481 e. The van der Waals surface area contributed by atoms with Gasteiger partial charge >= 0.3 is 11.9 Å². The van der Waals surface area contributed by atoms with Crippen LogP contribution in [-0.2, 0) is 14.3 Å². The van der Waals surface area contributed by atoms with Gasteiger partial charge in [0.15, 0.2) is 0 Å². The molecule has 0 radical (unpaired) electrons. The minimum atomic E-state index is -0.861. The van der Waals surface area contributed by atoms with E-state index in [1.54, 1.807) is 12.2 Å². The predicted octanol–water partition coefficient (Wildman–Crippen LogP) is 2.94. The quantitative estimate of drug-likeness (QED) is 0.507. The molecule has 4 heteroatoms. The Kier molecular flexibility index (Phi) is 9.64. The molecule has 0 heterocycles. The van der Waals surface area contributed by atoms with Crippen LogP contribution in [0.3, 0.4) is 0 Å². The molecule has 0 bridgehead atoms. The Morgan fingerprint density at radius 3 is 2.61 bits per heavy atom. The molecule has 18 heavy (non-hydrogen) atoms. The van der Waals surface area contributed by atoms with Gasteiger partial charge in [-0.2, -0.15) is 0 Å². The number of ether oxygens (including phenoxy) is 1. The zero-order valence-corrected chi connectivity index (χ0v) is 11.1. The Morgan fingerprint density at radius 2 is 2.06 bits per heavy atom. The molecule has 1 N–H and O–H groups in total. The molecule has 0 rings (SSSR count). The lowest BCUT2D eigenvalue weighted by molar-refractivity contribution is -0.142. The number of allylic oxidation sites excluding steroid dienone is 3. The second-order valence-corrected chi connectivity index (χ2v) is 4.01. The Hall–Kier alpha value is -1.58. The monoisotopic (exact) mass is 254 g/mol. The van der Waals surface area contributed by atoms with Gasteiger partial charge < -0.3 is 9.84 Å². The smallest absolute Gasteiger partial charge is 0.310 e. The topological polar surface area (TPSA) is 63.6 Å². The zero-order chi connectivity index (χ0) is 13.8. The Balaban J connectivity index is 4.07. The van der Waals surface area contributed by atoms with Crippen molar-refractivity contribution in [3.05, 3.63) is 24.3 Å². The normalized spacial score (nSPS) is 13.0. The molecule has 0 aliphatic carbocycles. The Morgan fingerprint density at radius 1 is 1.33 bits per heavy atom. The molecule has 1 unspecified atom stereocenters. The van der Waals surface area contributed by atoms with Crippen LogP contribution >= 0.6 is 0 Å². The molecule has 0 aromatic carbocycles. The van der Waals surface area contributed by atoms with Gasteiger partial charge in [0.05, 0.1) is 13.0 Å². The van der Waals surface area contributed by atoms with Gasteiger partial charge in [0.1, 0.15) is 0 Å². The van der Waals surface area contributed by atoms with Gasteiger partial charge in [-0.3, -0.25) is 9.59 Å². The summed E-state index contributed by atoms with van der Waals surface area (Å²) in [7, 11) is 1.33. The van der Waals surface area contributed by atoms with Crippen molar-refractivity contribution < 1.29 is 19.4 Å². The number of carboxylic acid groups (broad SMARTS) is 1. The van der Waals surface area contributed by atoms with Crippen LogP contribution in [-0.4, -0.2) is 24.2 Å². The lowest BCUT2D eigenvalue weighted by Crippen LogP contribution is -2.11. The number of rotatable bonds is 9. The highest BCUT2D eigenvalue weighted by atomic mass is 16.5. The maximum absolute atomic E-state index is 11.0. The summed E-state index contributed by atoms with van der Waals surface area (Å²) in [5.74, 6) is -1.70. The lowest BCUT2D eigenvalue weighted by atomic mass is 10.0. The first-order valence-corrected chi connectivity index (χ1v) is 6.24. The van der Waals surface area contributed by atoms with E-state index in [4.69, 9.17) is 5.11 Å². The van der Waals surface area contributed by atoms with Gasteiger partial charge in [-0.15, -0.1) is 0 Å². The predicted molar refractivity (Wildman–Crippen MR) is 70.2 cm³/mol. The van der Waals surface area contributed by atoms with E-state index in [9.17, 15) is 9.59 Å². The molecule has 0 amide bonds. The van der Waals surface area contributed by atoms with Crippen molar-refractivity contribution in [3.8, 4) is 0 Å². The minimum Gasteiger partial charge on any atom is -0.481 e. The zero-order valence-electron chi connectivity index (χ0n) is 11.1. The van der Waals surface area contributed by atoms with E-state index in [-0.39, 0.29) is 12.4 Å². The van der Waals surface area contributed by atoms with E-state index in [2.05, 4.69) is 11.7 Å². The second-order valence-electron chi connectivity index (χ2n) is 4.01. The Bertz CT molecular complexity index is 305. The van der Waals surface area contributed by atoms with Crippen LogP contribution in [0, 0.1) is 5.92 Å². The fraction of sp³-hybridized carbons (Fsp3) is 0.571. The molecule has 1 atom stereocenters. The maximum Gasteiger partial charge on any atom is 0.310 e. The van der Waals surface area contributed by atoms with Gasteiger partial charge in [0, 0.05) is 6.42 Å². The molecule has 0 saturated carbocycles. The van der Waals surface area contributed by atoms with E-state index in [1.165, 1.54) is 7.11 Å². The third-order valence-corrected chi connectivity index (χ3v) is 2.49. The summed E-state index contributed by atoms with van der Waals surface area (Å²) >= 11 is 0. The van der Waals surface area contributed by atoms with E-state index in [0.717, 1.165) is 12.8 Å². The minimum absolute atomic E-state index is 0.264. The first-order chi connectivity index (χ1) is 8.61. The van der Waals surface area contributed by atoms with Crippen molar-refractivity contribution in [1.29, 1.82) is 0 Å². The molecule has 0 aromatic rings. The maximum atomic E-state index is 11.0. The van der Waals surface area contributed by atoms with Gasteiger partial charge in [0.2, 0.25) is 0 Å². The van der Waals surface area contributed by atoms with Crippen molar-refractivity contribution in [2.45, 2.75) is 39.0 Å². The summed E-state index contributed by atoms with van der Waals surface area (Å²) in [5, 5.41) is 9.01. The summed E-state index contributed by atoms with van der Waals surface area (Å²) in [5.41, 5.74) is 0. The molecule has 0 aliphatic heterocycles. The molecule has 102 valence electrons. The fourth-order valence-corrected chi connectivity index (χ4v) is 1.41. The van der Waals surface area contributed by atoms with Crippen molar-refractivity contribution in [1.82, 2.24) is 0 Å². The molecular weight excluding hydrogens is 232 g/mol. The Labute approximate surface area is 108 Å². The summed E-state index contributed by atoms with van der Waals surface area (Å²) in [4.78, 5) is 21.9. The highest BCUT2D eigenvalue weighted by molar-refractivity contribution is 5.72. The van der Waals surface area contributed by atoms with Crippen molar-refractivity contribution >= 4 is 11.9 Å². The van der Waals surface area contributed by atoms with Gasteiger partial charge in [0.25, 0.3) is 0 Å². The lowest BCUT2D eigenvalue weighted by Gasteiger charge is -2.06. The van der Waals surface area contributed by atoms with Crippen LogP contribution in [0.4, 0.5) is 0 Å². The number of unbranched alkanes of at least 4 members (excludes halogenated alkanes) is 1. The number of aliphatic carboxylic acids is 1. The molecule has 0 fully saturated rings. The molecule has 0 aromatic heterocycles. The van der Waals surface area contributed by atoms with Crippen LogP contribution < -0.4 is 0 Å². The summed E-state index contributed by atoms with van der Waals surface area (Å²) in [6.45, 7) is 2.08. The standard InChI is InChI=1S/C14H22O4/c1-3-4-5-6-7-9-12(14(16)17)10-8-11-13(15)18-2/h5-7,9,12H,3-4,8,10-11H2,1-2H3,(H,16,17)/b6-5+,9-7+. The van der Waals surface area contributed by atoms with Crippen LogP contribution in [0.25, 0.3) is 0 Å². The number of esters is 1. The van der Waals surface area contributed by atoms with Gasteiger partial charge in [-0.25, -0.2) is 0 Å². The first-order valence-electron chi connectivity index (χ1n) is 6.24. The average molecular weight is 254 g/mol. The second kappa shape index (κ2) is 10.6. The van der Waals surface area contributed by atoms with E-state index in [1.807, 2.05) is 12.2 Å². The van der Waals surface area contributed by atoms with Crippen molar-refractivity contribution in [3.63, 3.8) is 0 Å². The number of hydrogen-bond acceptors (Lipinski definition) is 3. The average Bonchev–Trinajstić information content (AvgIpc) is 2.35. The number of hydrogen-bond donors (Lipinski definition) is 1. The molecular formula is C14H22O4. The van der Waals surface area contributed by atoms with Crippen LogP contribution in [0.1, 0.15) is 39.0 Å². The van der Waals surface area contributed by atoms with Gasteiger partial charge in [-0.05, 0) is 19.3 Å². The third kappa shape index (κ3) is 8.56. The summed E-state index contributed by atoms with van der Waals surface area (Å²) in [6.07, 6.45) is 10.6. The number of carboxylic acids is 1. The number of methoxy groups -OCH3 is 1. The van der Waals surface area contributed by atoms with E-state index in [0.29, 0.717) is 12.8 Å². The van der Waals surface area contributed by atoms with Crippen molar-refractivity contribution in [2.24, 2.45) is 5.92 Å². The number of carbonyl (C=O) groups excluding carboxylic acids is 1. The summed E-state index contributed by atoms with van der Waals surface area (Å²) in [6, 6.07) is 0. The molecule has 0 saturated heterocycles. The molecule has 0 aliphatic rings. The van der Waals surface area contributed by atoms with Crippen LogP contribution in [0.2, 0.25) is 0 Å². The highest BCUT2D eigenvalue weighted by Gasteiger charge is 2.13. The third-order valence-electron chi connectivity index (χ3n) is 2.49. The number of carbonyl (C=O) groups is 2. The van der Waals surface area contributed by atoms with E-state index < -0.39 is 11.9 Å². The van der Waals surface area contributed by atoms with Crippen LogP contribution in [0.5, 0.6) is 0 Å². The highest BCUT2D eigenvalue weighted by Crippen LogP contribution is 2.11. The van der Waals surface area contributed by atoms with E-state index >= 15 is 0 Å². The van der Waals surface area contributed by atoms with Crippen LogP contribution in [0.15, 0.2) is 24.3 Å². The first kappa shape index (κ1) is 16.4. The van der Waals surface area contributed by atoms with Gasteiger partial charge in [-0.1, -0.05) is 37.6 Å². The SMILES string of the molecule is CCC/C=C/C=C/C(CCCC(=O)OC)C(=O)O. The fourth-order valence-electron chi connectivity index (χ4n) is 1.41. The summed E-state index contributed by atoms with van der Waals surface area (Å²) < 4.78 is 4.50.